The highest BCUT2D eigenvalue weighted by atomic mass is 35.5. The standard InChI is InChI=1S/C16H11ClFN3O4/c1-9(22)20-16(10-3-2-4-11(18)7-10)25-15(19-20)13-6-5-12(21(23)24)8-14(13)17/h2-8,16H,1H3. The molecule has 128 valence electrons. The number of non-ortho nitro benzene ring substituents is 1. The summed E-state index contributed by atoms with van der Waals surface area (Å²) < 4.78 is 19.1. The van der Waals surface area contributed by atoms with Crippen LogP contribution in [0.5, 0.6) is 0 Å². The Labute approximate surface area is 146 Å². The van der Waals surface area contributed by atoms with Gasteiger partial charge in [0.25, 0.3) is 5.69 Å². The van der Waals surface area contributed by atoms with E-state index < -0.39 is 22.9 Å². The SMILES string of the molecule is CC(=O)N1N=C(c2ccc([N+](=O)[O-])cc2Cl)OC1c1cccc(F)c1. The van der Waals surface area contributed by atoms with Crippen LogP contribution in [-0.4, -0.2) is 21.7 Å². The monoisotopic (exact) mass is 363 g/mol. The highest BCUT2D eigenvalue weighted by Crippen LogP contribution is 2.33. The maximum atomic E-state index is 13.5. The Hall–Kier alpha value is -3.00. The summed E-state index contributed by atoms with van der Waals surface area (Å²) in [5.74, 6) is -0.877. The van der Waals surface area contributed by atoms with E-state index in [4.69, 9.17) is 16.3 Å². The Bertz CT molecular complexity index is 903. The first-order chi connectivity index (χ1) is 11.9. The van der Waals surface area contributed by atoms with Gasteiger partial charge < -0.3 is 4.74 Å². The number of hydrogen-bond donors (Lipinski definition) is 0. The Morgan fingerprint density at radius 2 is 2.12 bits per heavy atom. The molecule has 2 aromatic carbocycles. The minimum Gasteiger partial charge on any atom is -0.446 e. The summed E-state index contributed by atoms with van der Waals surface area (Å²) in [7, 11) is 0. The van der Waals surface area contributed by atoms with Crippen LogP contribution in [0.4, 0.5) is 10.1 Å². The maximum absolute atomic E-state index is 13.5. The van der Waals surface area contributed by atoms with Crippen molar-refractivity contribution >= 4 is 29.1 Å². The van der Waals surface area contributed by atoms with Crippen molar-refractivity contribution in [2.24, 2.45) is 5.10 Å². The summed E-state index contributed by atoms with van der Waals surface area (Å²) in [6.45, 7) is 1.29. The second kappa shape index (κ2) is 6.48. The van der Waals surface area contributed by atoms with Gasteiger partial charge in [-0.05, 0) is 18.2 Å². The summed E-state index contributed by atoms with van der Waals surface area (Å²) in [6.07, 6.45) is -0.950. The highest BCUT2D eigenvalue weighted by molar-refractivity contribution is 6.34. The van der Waals surface area contributed by atoms with Crippen molar-refractivity contribution in [3.8, 4) is 0 Å². The molecule has 1 atom stereocenters. The minimum absolute atomic E-state index is 0.0179. The fourth-order valence-electron chi connectivity index (χ4n) is 2.34. The zero-order valence-electron chi connectivity index (χ0n) is 12.8. The number of hydrazone groups is 1. The zero-order valence-corrected chi connectivity index (χ0v) is 13.6. The van der Waals surface area contributed by atoms with E-state index in [1.165, 1.54) is 37.3 Å². The van der Waals surface area contributed by atoms with E-state index in [0.29, 0.717) is 5.56 Å². The summed E-state index contributed by atoms with van der Waals surface area (Å²) in [6, 6.07) is 9.38. The number of halogens is 2. The van der Waals surface area contributed by atoms with Crippen LogP contribution in [-0.2, 0) is 9.53 Å². The smallest absolute Gasteiger partial charge is 0.270 e. The molecule has 0 fully saturated rings. The van der Waals surface area contributed by atoms with Crippen molar-refractivity contribution in [1.82, 2.24) is 5.01 Å². The van der Waals surface area contributed by atoms with Gasteiger partial charge in [-0.3, -0.25) is 14.9 Å². The molecular weight excluding hydrogens is 353 g/mol. The predicted molar refractivity (Wildman–Crippen MR) is 87.4 cm³/mol. The molecular formula is C16H11ClFN3O4. The summed E-state index contributed by atoms with van der Waals surface area (Å²) >= 11 is 6.07. The highest BCUT2D eigenvalue weighted by Gasteiger charge is 2.34. The van der Waals surface area contributed by atoms with Crippen molar-refractivity contribution in [3.63, 3.8) is 0 Å². The maximum Gasteiger partial charge on any atom is 0.270 e. The fraction of sp³-hybridized carbons (Fsp3) is 0.125. The lowest BCUT2D eigenvalue weighted by molar-refractivity contribution is -0.384. The number of nitrogens with zero attached hydrogens (tertiary/aromatic N) is 3. The molecule has 25 heavy (non-hydrogen) atoms. The Balaban J connectivity index is 1.97. The Kier molecular flexibility index (Phi) is 4.37. The van der Waals surface area contributed by atoms with Gasteiger partial charge in [-0.25, -0.2) is 4.39 Å². The zero-order chi connectivity index (χ0) is 18.1. The number of hydrogen-bond acceptors (Lipinski definition) is 5. The van der Waals surface area contributed by atoms with E-state index in [9.17, 15) is 19.3 Å². The van der Waals surface area contributed by atoms with E-state index in [-0.39, 0.29) is 22.2 Å². The first-order valence-corrected chi connectivity index (χ1v) is 7.49. The summed E-state index contributed by atoms with van der Waals surface area (Å²) in [5.41, 5.74) is 0.502. The van der Waals surface area contributed by atoms with E-state index >= 15 is 0 Å². The molecule has 0 aliphatic carbocycles. The van der Waals surface area contributed by atoms with Crippen molar-refractivity contribution in [3.05, 3.63) is 74.5 Å². The van der Waals surface area contributed by atoms with Crippen LogP contribution in [0.3, 0.4) is 0 Å². The van der Waals surface area contributed by atoms with Crippen molar-refractivity contribution in [2.45, 2.75) is 13.2 Å². The predicted octanol–water partition coefficient (Wildman–Crippen LogP) is 3.63. The van der Waals surface area contributed by atoms with Gasteiger partial charge in [-0.2, -0.15) is 5.01 Å². The average Bonchev–Trinajstić information content (AvgIpc) is 3.00. The van der Waals surface area contributed by atoms with Gasteiger partial charge >= 0.3 is 0 Å². The third kappa shape index (κ3) is 3.29. The van der Waals surface area contributed by atoms with E-state index in [1.807, 2.05) is 0 Å². The summed E-state index contributed by atoms with van der Waals surface area (Å²) in [5, 5.41) is 16.0. The van der Waals surface area contributed by atoms with Crippen LogP contribution in [0.1, 0.15) is 24.3 Å². The van der Waals surface area contributed by atoms with Crippen molar-refractivity contribution in [2.75, 3.05) is 0 Å². The van der Waals surface area contributed by atoms with Gasteiger partial charge in [0.1, 0.15) is 5.82 Å². The van der Waals surface area contributed by atoms with Gasteiger partial charge in [0, 0.05) is 24.6 Å². The van der Waals surface area contributed by atoms with E-state index in [2.05, 4.69) is 5.10 Å². The second-order valence-electron chi connectivity index (χ2n) is 5.22. The second-order valence-corrected chi connectivity index (χ2v) is 5.62. The molecule has 1 aliphatic heterocycles. The number of carbonyl (C=O) groups is 1. The molecule has 1 unspecified atom stereocenters. The number of carbonyl (C=O) groups excluding carboxylic acids is 1. The first-order valence-electron chi connectivity index (χ1n) is 7.11. The van der Waals surface area contributed by atoms with Crippen molar-refractivity contribution < 1.29 is 18.8 Å². The number of benzene rings is 2. The topological polar surface area (TPSA) is 85.0 Å². The lowest BCUT2D eigenvalue weighted by Gasteiger charge is -2.19. The van der Waals surface area contributed by atoms with Gasteiger partial charge in [0.15, 0.2) is 0 Å². The van der Waals surface area contributed by atoms with Gasteiger partial charge in [-0.15, -0.1) is 5.10 Å². The largest absolute Gasteiger partial charge is 0.446 e. The Morgan fingerprint density at radius 3 is 2.72 bits per heavy atom. The molecule has 1 amide bonds. The molecule has 1 aliphatic rings. The van der Waals surface area contributed by atoms with Crippen LogP contribution >= 0.6 is 11.6 Å². The van der Waals surface area contributed by atoms with Gasteiger partial charge in [-0.1, -0.05) is 23.7 Å². The quantitative estimate of drug-likeness (QED) is 0.615. The van der Waals surface area contributed by atoms with E-state index in [0.717, 1.165) is 11.1 Å². The molecule has 1 heterocycles. The van der Waals surface area contributed by atoms with Crippen LogP contribution in [0, 0.1) is 15.9 Å². The first kappa shape index (κ1) is 16.8. The molecule has 0 N–H and O–H groups in total. The Morgan fingerprint density at radius 1 is 1.36 bits per heavy atom. The van der Waals surface area contributed by atoms with Crippen LogP contribution in [0.25, 0.3) is 0 Å². The average molecular weight is 364 g/mol. The molecule has 7 nitrogen and oxygen atoms in total. The normalized spacial score (nSPS) is 16.4. The van der Waals surface area contributed by atoms with Crippen LogP contribution < -0.4 is 0 Å². The van der Waals surface area contributed by atoms with Gasteiger partial charge in [0.2, 0.25) is 18.0 Å². The molecule has 9 heteroatoms. The number of nitro benzene ring substituents is 1. The fourth-order valence-corrected chi connectivity index (χ4v) is 2.60. The summed E-state index contributed by atoms with van der Waals surface area (Å²) in [4.78, 5) is 22.1. The molecule has 0 bridgehead atoms. The molecule has 2 aromatic rings. The lowest BCUT2D eigenvalue weighted by atomic mass is 10.2. The molecule has 3 rings (SSSR count). The van der Waals surface area contributed by atoms with Crippen LogP contribution in [0.2, 0.25) is 5.02 Å². The third-order valence-electron chi connectivity index (χ3n) is 3.49. The molecule has 0 saturated heterocycles. The van der Waals surface area contributed by atoms with Gasteiger partial charge in [0.05, 0.1) is 15.5 Å². The number of amides is 1. The van der Waals surface area contributed by atoms with Crippen LogP contribution in [0.15, 0.2) is 47.6 Å². The van der Waals surface area contributed by atoms with Crippen molar-refractivity contribution in [1.29, 1.82) is 0 Å². The van der Waals surface area contributed by atoms with E-state index in [1.54, 1.807) is 6.07 Å². The minimum atomic E-state index is -0.950. The number of ether oxygens (including phenoxy) is 1. The molecule has 0 saturated carbocycles. The molecule has 0 spiro atoms. The number of rotatable bonds is 3. The molecule has 0 radical (unpaired) electrons. The lowest BCUT2D eigenvalue weighted by Crippen LogP contribution is -2.25. The third-order valence-corrected chi connectivity index (χ3v) is 3.81. The number of nitro groups is 1. The molecule has 0 aromatic heterocycles.